The lowest BCUT2D eigenvalue weighted by Crippen LogP contribution is -3.00. The fraction of sp³-hybridized carbons (Fsp3) is 0.571. The molecule has 3 heteroatoms. The summed E-state index contributed by atoms with van der Waals surface area (Å²) in [6.45, 7) is 4.21. The molecule has 0 amide bonds. The molecule has 0 unspecified atom stereocenters. The number of rotatable bonds is 0. The highest BCUT2D eigenvalue weighted by Crippen LogP contribution is 1.94. The van der Waals surface area contributed by atoms with Crippen molar-refractivity contribution in [2.24, 2.45) is 14.1 Å². The van der Waals surface area contributed by atoms with Crippen molar-refractivity contribution in [2.45, 2.75) is 13.8 Å². The molecule has 0 fully saturated rings. The van der Waals surface area contributed by atoms with Gasteiger partial charge in [0.25, 0.3) is 5.82 Å². The Morgan fingerprint density at radius 3 is 2.00 bits per heavy atom. The second-order valence-corrected chi connectivity index (χ2v) is 2.49. The van der Waals surface area contributed by atoms with Crippen molar-refractivity contribution in [3.05, 3.63) is 17.7 Å². The van der Waals surface area contributed by atoms with Gasteiger partial charge in [0.05, 0.1) is 14.1 Å². The van der Waals surface area contributed by atoms with Crippen molar-refractivity contribution in [1.29, 1.82) is 0 Å². The Hall–Kier alpha value is -0.860. The lowest BCUT2D eigenvalue weighted by molar-refractivity contribution is -0.677. The second kappa shape index (κ2) is 2.82. The van der Waals surface area contributed by atoms with Crippen LogP contribution < -0.4 is 9.27 Å². The van der Waals surface area contributed by atoms with Gasteiger partial charge in [0, 0.05) is 13.8 Å². The molecule has 0 bridgehead atoms. The molecular weight excluding hydrogens is 131 g/mol. The van der Waals surface area contributed by atoms with Gasteiger partial charge in [0.15, 0.2) is 0 Å². The molecular formula is C7H13FN2. The van der Waals surface area contributed by atoms with Crippen LogP contribution in [0, 0.1) is 13.8 Å². The highest BCUT2D eigenvalue weighted by atomic mass is 19.0. The largest absolute Gasteiger partial charge is 1.00 e. The highest BCUT2D eigenvalue weighted by Gasteiger charge is 2.07. The van der Waals surface area contributed by atoms with Gasteiger partial charge in [-0.05, 0) is 0 Å². The topological polar surface area (TPSA) is 8.81 Å². The predicted molar refractivity (Wildman–Crippen MR) is 36.1 cm³/mol. The molecule has 0 atom stereocenters. The number of hydrogen-bond acceptors (Lipinski definition) is 0. The van der Waals surface area contributed by atoms with E-state index in [0.29, 0.717) is 0 Å². The summed E-state index contributed by atoms with van der Waals surface area (Å²) in [5.41, 5.74) is 1.30. The first-order chi connectivity index (χ1) is 4.13. The second-order valence-electron chi connectivity index (χ2n) is 2.49. The van der Waals surface area contributed by atoms with E-state index in [2.05, 4.69) is 43.3 Å². The molecule has 1 aromatic heterocycles. The van der Waals surface area contributed by atoms with Gasteiger partial charge >= 0.3 is 0 Å². The van der Waals surface area contributed by atoms with Crippen molar-refractivity contribution in [2.75, 3.05) is 0 Å². The molecule has 0 spiro atoms. The highest BCUT2D eigenvalue weighted by molar-refractivity contribution is 4.92. The van der Waals surface area contributed by atoms with Crippen molar-refractivity contribution in [1.82, 2.24) is 4.57 Å². The molecule has 0 aliphatic carbocycles. The zero-order chi connectivity index (χ0) is 7.02. The Morgan fingerprint density at radius 1 is 1.40 bits per heavy atom. The summed E-state index contributed by atoms with van der Waals surface area (Å²) in [4.78, 5) is 0. The van der Waals surface area contributed by atoms with Crippen LogP contribution in [0.3, 0.4) is 0 Å². The van der Waals surface area contributed by atoms with Crippen LogP contribution in [0.15, 0.2) is 6.20 Å². The van der Waals surface area contributed by atoms with Gasteiger partial charge in [-0.1, -0.05) is 0 Å². The third kappa shape index (κ3) is 1.17. The summed E-state index contributed by atoms with van der Waals surface area (Å²) in [6, 6.07) is 0. The van der Waals surface area contributed by atoms with Crippen molar-refractivity contribution in [3.8, 4) is 0 Å². The monoisotopic (exact) mass is 144 g/mol. The number of imidazole rings is 1. The average molecular weight is 144 g/mol. The van der Waals surface area contributed by atoms with E-state index in [1.54, 1.807) is 0 Å². The molecule has 0 N–H and O–H groups in total. The Labute approximate surface area is 60.5 Å². The van der Waals surface area contributed by atoms with Crippen LogP contribution in [0.1, 0.15) is 11.5 Å². The molecule has 0 aliphatic heterocycles. The van der Waals surface area contributed by atoms with Gasteiger partial charge < -0.3 is 4.70 Å². The van der Waals surface area contributed by atoms with Crippen LogP contribution in [0.2, 0.25) is 0 Å². The van der Waals surface area contributed by atoms with Gasteiger partial charge in [0.1, 0.15) is 11.9 Å². The number of aryl methyl sites for hydroxylation is 2. The minimum Gasteiger partial charge on any atom is -1.00 e. The zero-order valence-corrected chi connectivity index (χ0v) is 6.85. The number of aromatic nitrogens is 2. The van der Waals surface area contributed by atoms with Crippen LogP contribution in [-0.2, 0) is 14.1 Å². The summed E-state index contributed by atoms with van der Waals surface area (Å²) >= 11 is 0. The Balaban J connectivity index is 0.000000810. The number of nitrogens with zero attached hydrogens (tertiary/aromatic N) is 2. The molecule has 0 saturated heterocycles. The fourth-order valence-corrected chi connectivity index (χ4v) is 0.952. The molecule has 1 aromatic rings. The molecule has 2 nitrogen and oxygen atoms in total. The predicted octanol–water partition coefficient (Wildman–Crippen LogP) is -2.53. The third-order valence-corrected chi connectivity index (χ3v) is 1.91. The van der Waals surface area contributed by atoms with Crippen molar-refractivity contribution < 1.29 is 9.27 Å². The van der Waals surface area contributed by atoms with E-state index in [9.17, 15) is 0 Å². The van der Waals surface area contributed by atoms with Gasteiger partial charge in [-0.3, -0.25) is 0 Å². The lowest BCUT2D eigenvalue weighted by Gasteiger charge is -1.87. The molecule has 58 valence electrons. The van der Waals surface area contributed by atoms with Crippen LogP contribution >= 0.6 is 0 Å². The van der Waals surface area contributed by atoms with E-state index >= 15 is 0 Å². The summed E-state index contributed by atoms with van der Waals surface area (Å²) in [5, 5.41) is 0. The SMILES string of the molecule is Cc1c[n+](C)c(C)n1C.[F-]. The first kappa shape index (κ1) is 9.14. The van der Waals surface area contributed by atoms with E-state index in [4.69, 9.17) is 0 Å². The van der Waals surface area contributed by atoms with Crippen LogP contribution in [0.5, 0.6) is 0 Å². The van der Waals surface area contributed by atoms with E-state index in [0.717, 1.165) is 0 Å². The van der Waals surface area contributed by atoms with E-state index in [1.807, 2.05) is 0 Å². The summed E-state index contributed by atoms with van der Waals surface area (Å²) in [5.74, 6) is 1.28. The smallest absolute Gasteiger partial charge is 0.253 e. The molecule has 0 aromatic carbocycles. The minimum absolute atomic E-state index is 0. The lowest BCUT2D eigenvalue weighted by atomic mass is 10.5. The van der Waals surface area contributed by atoms with E-state index in [1.165, 1.54) is 11.5 Å². The summed E-state index contributed by atoms with van der Waals surface area (Å²) < 4.78 is 4.29. The van der Waals surface area contributed by atoms with Gasteiger partial charge in [-0.2, -0.15) is 0 Å². The number of hydrogen-bond donors (Lipinski definition) is 0. The van der Waals surface area contributed by atoms with Crippen molar-refractivity contribution >= 4 is 0 Å². The third-order valence-electron chi connectivity index (χ3n) is 1.91. The molecule has 0 aliphatic rings. The molecule has 0 saturated carbocycles. The summed E-state index contributed by atoms with van der Waals surface area (Å²) in [6.07, 6.45) is 2.12. The van der Waals surface area contributed by atoms with Crippen LogP contribution in [0.4, 0.5) is 0 Å². The van der Waals surface area contributed by atoms with Gasteiger partial charge in [-0.25, -0.2) is 9.13 Å². The molecule has 1 rings (SSSR count). The molecule has 10 heavy (non-hydrogen) atoms. The minimum atomic E-state index is 0. The van der Waals surface area contributed by atoms with Crippen LogP contribution in [0.25, 0.3) is 0 Å². The Morgan fingerprint density at radius 2 is 1.90 bits per heavy atom. The Kier molecular flexibility index (Phi) is 2.57. The Bertz CT molecular complexity index is 205. The maximum Gasteiger partial charge on any atom is 0.253 e. The van der Waals surface area contributed by atoms with Gasteiger partial charge in [-0.15, -0.1) is 0 Å². The average Bonchev–Trinajstić information content (AvgIpc) is 1.98. The zero-order valence-electron chi connectivity index (χ0n) is 6.85. The normalized spacial score (nSPS) is 9.20. The van der Waals surface area contributed by atoms with E-state index in [-0.39, 0.29) is 4.70 Å². The summed E-state index contributed by atoms with van der Waals surface area (Å²) in [7, 11) is 4.13. The van der Waals surface area contributed by atoms with Crippen molar-refractivity contribution in [3.63, 3.8) is 0 Å². The molecule has 1 heterocycles. The maximum absolute atomic E-state index is 2.17. The van der Waals surface area contributed by atoms with E-state index < -0.39 is 0 Å². The standard InChI is InChI=1S/C7H13N2.FH/c1-6-5-8(3)7(2)9(6)4;/h5H,1-4H3;1H/q+1;/p-1. The quantitative estimate of drug-likeness (QED) is 0.355. The van der Waals surface area contributed by atoms with Gasteiger partial charge in [0.2, 0.25) is 0 Å². The fourth-order valence-electron chi connectivity index (χ4n) is 0.952. The first-order valence-electron chi connectivity index (χ1n) is 3.11. The maximum atomic E-state index is 2.17. The number of halogens is 1. The molecule has 0 radical (unpaired) electrons. The first-order valence-corrected chi connectivity index (χ1v) is 3.11. The van der Waals surface area contributed by atoms with Crippen LogP contribution in [-0.4, -0.2) is 4.57 Å².